The van der Waals surface area contributed by atoms with Crippen molar-refractivity contribution in [1.29, 1.82) is 0 Å². The van der Waals surface area contributed by atoms with E-state index in [2.05, 4.69) is 0 Å². The number of phenolic OH excluding ortho intramolecular Hbond substituents is 4. The maximum atomic E-state index is 9.11. The van der Waals surface area contributed by atoms with Gasteiger partial charge in [0, 0.05) is 0 Å². The minimum Gasteiger partial charge on any atom is -0.508 e. The molecule has 0 fully saturated rings. The minimum absolute atomic E-state index is 0. The highest BCUT2D eigenvalue weighted by atomic mass is 32.1. The van der Waals surface area contributed by atoms with Gasteiger partial charge in [-0.1, -0.05) is 48.5 Å². The molecule has 0 saturated carbocycles. The van der Waals surface area contributed by atoms with Crippen LogP contribution in [0, 0.1) is 0 Å². The first kappa shape index (κ1) is 21.7. The van der Waals surface area contributed by atoms with E-state index in [0.717, 1.165) is 22.3 Å². The smallest absolute Gasteiger partial charge is 0.115 e. The van der Waals surface area contributed by atoms with Gasteiger partial charge in [0.1, 0.15) is 23.0 Å². The maximum absolute atomic E-state index is 9.11. The average molecular weight is 407 g/mol. The van der Waals surface area contributed by atoms with Gasteiger partial charge < -0.3 is 20.4 Å². The first-order valence-electron chi connectivity index (χ1n) is 8.68. The Morgan fingerprint density at radius 2 is 0.414 bits per heavy atom. The quantitative estimate of drug-likeness (QED) is 0.347. The lowest BCUT2D eigenvalue weighted by Gasteiger charge is -2.01. The molecule has 0 atom stereocenters. The third-order valence-corrected chi connectivity index (χ3v) is 4.14. The number of aromatic hydroxyl groups is 4. The molecule has 148 valence electrons. The van der Waals surface area contributed by atoms with Crippen LogP contribution in [0.25, 0.3) is 22.3 Å². The minimum atomic E-state index is 0. The van der Waals surface area contributed by atoms with Crippen molar-refractivity contribution in [1.82, 2.24) is 0 Å². The van der Waals surface area contributed by atoms with Gasteiger partial charge in [0.25, 0.3) is 0 Å². The summed E-state index contributed by atoms with van der Waals surface area (Å²) in [5, 5.41) is 36.4. The Kier molecular flexibility index (Phi) is 7.57. The van der Waals surface area contributed by atoms with Crippen molar-refractivity contribution in [2.45, 2.75) is 0 Å². The molecule has 4 nitrogen and oxygen atoms in total. The zero-order chi connectivity index (χ0) is 19.9. The van der Waals surface area contributed by atoms with Crippen LogP contribution in [0.3, 0.4) is 0 Å². The Morgan fingerprint density at radius 3 is 0.552 bits per heavy atom. The summed E-state index contributed by atoms with van der Waals surface area (Å²) < 4.78 is 0. The molecule has 0 aliphatic carbocycles. The van der Waals surface area contributed by atoms with Crippen molar-refractivity contribution in [2.75, 3.05) is 0 Å². The van der Waals surface area contributed by atoms with E-state index >= 15 is 0 Å². The van der Waals surface area contributed by atoms with Crippen molar-refractivity contribution in [2.24, 2.45) is 0 Å². The van der Waals surface area contributed by atoms with Crippen LogP contribution in [0.5, 0.6) is 23.0 Å². The second kappa shape index (κ2) is 10.1. The van der Waals surface area contributed by atoms with Crippen LogP contribution < -0.4 is 0 Å². The van der Waals surface area contributed by atoms with Gasteiger partial charge in [-0.3, -0.25) is 0 Å². The van der Waals surface area contributed by atoms with Gasteiger partial charge in [-0.25, -0.2) is 0 Å². The van der Waals surface area contributed by atoms with Crippen molar-refractivity contribution in [3.63, 3.8) is 0 Å². The van der Waals surface area contributed by atoms with Crippen LogP contribution in [0.4, 0.5) is 0 Å². The summed E-state index contributed by atoms with van der Waals surface area (Å²) in [4.78, 5) is 0. The molecule has 4 rings (SSSR count). The average Bonchev–Trinajstić information content (AvgIpc) is 2.71. The maximum Gasteiger partial charge on any atom is 0.115 e. The molecule has 0 spiro atoms. The summed E-state index contributed by atoms with van der Waals surface area (Å²) >= 11 is 0. The van der Waals surface area contributed by atoms with E-state index in [1.165, 1.54) is 0 Å². The van der Waals surface area contributed by atoms with Crippen LogP contribution in [-0.4, -0.2) is 20.4 Å². The summed E-state index contributed by atoms with van der Waals surface area (Å²) in [7, 11) is 0. The second-order valence-electron chi connectivity index (χ2n) is 6.19. The molecular weight excluding hydrogens is 384 g/mol. The highest BCUT2D eigenvalue weighted by molar-refractivity contribution is 7.59. The number of hydrogen-bond acceptors (Lipinski definition) is 4. The molecule has 4 aromatic carbocycles. The lowest BCUT2D eigenvalue weighted by molar-refractivity contribution is 0.474. The number of hydrogen-bond donors (Lipinski definition) is 4. The van der Waals surface area contributed by atoms with Crippen LogP contribution in [0.2, 0.25) is 0 Å². The molecule has 0 aromatic heterocycles. The molecule has 4 N–H and O–H groups in total. The van der Waals surface area contributed by atoms with Gasteiger partial charge in [0.15, 0.2) is 0 Å². The largest absolute Gasteiger partial charge is 0.508 e. The van der Waals surface area contributed by atoms with Crippen LogP contribution in [0.1, 0.15) is 0 Å². The summed E-state index contributed by atoms with van der Waals surface area (Å²) in [6.45, 7) is 0. The molecule has 0 bridgehead atoms. The van der Waals surface area contributed by atoms with Crippen molar-refractivity contribution in [3.8, 4) is 45.3 Å². The molecule has 0 aliphatic rings. The van der Waals surface area contributed by atoms with Gasteiger partial charge >= 0.3 is 0 Å². The molecule has 5 heteroatoms. The molecular formula is C24H22O4S. The number of phenols is 4. The highest BCUT2D eigenvalue weighted by Crippen LogP contribution is 2.24. The van der Waals surface area contributed by atoms with Gasteiger partial charge in [0.05, 0.1) is 0 Å². The summed E-state index contributed by atoms with van der Waals surface area (Å²) in [6.07, 6.45) is 0. The predicted molar refractivity (Wildman–Crippen MR) is 121 cm³/mol. The number of benzene rings is 4. The van der Waals surface area contributed by atoms with Crippen molar-refractivity contribution < 1.29 is 20.4 Å². The standard InChI is InChI=1S/2C12H10O2.H2S/c2*13-11-5-1-9(2-6-11)10-3-7-12(14)8-4-10;/h2*1-8,13-14H;1H2. The van der Waals surface area contributed by atoms with Crippen LogP contribution >= 0.6 is 13.5 Å². The Hall–Kier alpha value is -3.57. The van der Waals surface area contributed by atoms with Crippen LogP contribution in [-0.2, 0) is 0 Å². The Balaban J connectivity index is 0.000000200. The summed E-state index contributed by atoms with van der Waals surface area (Å²) in [5.74, 6) is 1.03. The second-order valence-corrected chi connectivity index (χ2v) is 6.19. The van der Waals surface area contributed by atoms with Crippen molar-refractivity contribution in [3.05, 3.63) is 97.1 Å². The predicted octanol–water partition coefficient (Wildman–Crippen LogP) is 5.64. The van der Waals surface area contributed by atoms with Gasteiger partial charge in [-0.2, -0.15) is 13.5 Å². The highest BCUT2D eigenvalue weighted by Gasteiger charge is 1.98. The summed E-state index contributed by atoms with van der Waals surface area (Å²) in [6, 6.07) is 27.8. The lowest BCUT2D eigenvalue weighted by Crippen LogP contribution is -1.75. The normalized spacial score (nSPS) is 9.66. The SMILES string of the molecule is Oc1ccc(-c2ccc(O)cc2)cc1.Oc1ccc(-c2ccc(O)cc2)cc1.S. The van der Waals surface area contributed by atoms with E-state index in [0.29, 0.717) is 0 Å². The topological polar surface area (TPSA) is 80.9 Å². The van der Waals surface area contributed by atoms with Gasteiger partial charge in [-0.05, 0) is 70.8 Å². The molecule has 0 aliphatic heterocycles. The van der Waals surface area contributed by atoms with Gasteiger partial charge in [-0.15, -0.1) is 0 Å². The molecule has 0 unspecified atom stereocenters. The fourth-order valence-electron chi connectivity index (χ4n) is 2.62. The van der Waals surface area contributed by atoms with E-state index in [4.69, 9.17) is 20.4 Å². The molecule has 29 heavy (non-hydrogen) atoms. The molecule has 0 amide bonds. The monoisotopic (exact) mass is 406 g/mol. The first-order valence-corrected chi connectivity index (χ1v) is 8.68. The van der Waals surface area contributed by atoms with Gasteiger partial charge in [0.2, 0.25) is 0 Å². The zero-order valence-corrected chi connectivity index (χ0v) is 16.5. The lowest BCUT2D eigenvalue weighted by atomic mass is 10.1. The Labute approximate surface area is 176 Å². The summed E-state index contributed by atoms with van der Waals surface area (Å²) in [5.41, 5.74) is 4.07. The number of rotatable bonds is 2. The molecule has 0 heterocycles. The van der Waals surface area contributed by atoms with E-state index in [1.807, 2.05) is 48.5 Å². The Morgan fingerprint density at radius 1 is 0.276 bits per heavy atom. The molecule has 4 aromatic rings. The molecule has 0 radical (unpaired) electrons. The van der Waals surface area contributed by atoms with E-state index in [1.54, 1.807) is 48.5 Å². The molecule has 0 saturated heterocycles. The van der Waals surface area contributed by atoms with Crippen molar-refractivity contribution >= 4 is 13.5 Å². The Bertz CT molecular complexity index is 836. The third kappa shape index (κ3) is 6.23. The van der Waals surface area contributed by atoms with E-state index in [-0.39, 0.29) is 36.5 Å². The van der Waals surface area contributed by atoms with E-state index in [9.17, 15) is 0 Å². The first-order chi connectivity index (χ1) is 13.5. The van der Waals surface area contributed by atoms with Crippen LogP contribution in [0.15, 0.2) is 97.1 Å². The fraction of sp³-hybridized carbons (Fsp3) is 0. The van der Waals surface area contributed by atoms with E-state index < -0.39 is 0 Å². The fourth-order valence-corrected chi connectivity index (χ4v) is 2.62. The zero-order valence-electron chi connectivity index (χ0n) is 15.5. The third-order valence-electron chi connectivity index (χ3n) is 4.14.